The lowest BCUT2D eigenvalue weighted by molar-refractivity contribution is -0.113. The van der Waals surface area contributed by atoms with Gasteiger partial charge in [-0.05, 0) is 31.2 Å². The van der Waals surface area contributed by atoms with Crippen LogP contribution in [0.4, 0.5) is 15.8 Å². The summed E-state index contributed by atoms with van der Waals surface area (Å²) in [6, 6.07) is 5.84. The van der Waals surface area contributed by atoms with Gasteiger partial charge in [-0.3, -0.25) is 4.79 Å². The van der Waals surface area contributed by atoms with Crippen LogP contribution in [0.5, 0.6) is 0 Å². The monoisotopic (exact) mass is 280 g/mol. The van der Waals surface area contributed by atoms with E-state index in [1.807, 2.05) is 6.92 Å². The van der Waals surface area contributed by atoms with E-state index in [-0.39, 0.29) is 17.3 Å². The van der Waals surface area contributed by atoms with E-state index < -0.39 is 5.82 Å². The first-order valence-corrected chi connectivity index (χ1v) is 6.56. The maximum atomic E-state index is 13.4. The molecular weight excluding hydrogens is 267 g/mol. The van der Waals surface area contributed by atoms with Crippen molar-refractivity contribution in [3.05, 3.63) is 42.1 Å². The molecule has 3 N–H and O–H groups in total. The van der Waals surface area contributed by atoms with Crippen LogP contribution in [0.25, 0.3) is 0 Å². The van der Waals surface area contributed by atoms with Crippen LogP contribution in [0.2, 0.25) is 0 Å². The molecule has 0 fully saturated rings. The predicted molar refractivity (Wildman–Crippen MR) is 73.6 cm³/mol. The van der Waals surface area contributed by atoms with Crippen molar-refractivity contribution >= 4 is 29.0 Å². The summed E-state index contributed by atoms with van der Waals surface area (Å²) < 4.78 is 18.5. The Kier molecular flexibility index (Phi) is 4.11. The smallest absolute Gasteiger partial charge is 0.234 e. The number of carbonyl (C=O) groups excluding carboxylic acids is 1. The molecule has 19 heavy (non-hydrogen) atoms. The molecule has 0 aliphatic heterocycles. The van der Waals surface area contributed by atoms with Gasteiger partial charge >= 0.3 is 0 Å². The molecule has 100 valence electrons. The molecule has 0 saturated heterocycles. The molecule has 0 bridgehead atoms. The largest absolute Gasteiger partial charge is 0.468 e. The van der Waals surface area contributed by atoms with Gasteiger partial charge in [-0.2, -0.15) is 0 Å². The maximum absolute atomic E-state index is 13.4. The zero-order valence-corrected chi connectivity index (χ0v) is 11.1. The Morgan fingerprint density at radius 2 is 2.26 bits per heavy atom. The van der Waals surface area contributed by atoms with Crippen LogP contribution in [-0.4, -0.2) is 11.7 Å². The van der Waals surface area contributed by atoms with Gasteiger partial charge in [-0.1, -0.05) is 0 Å². The number of halogens is 1. The Morgan fingerprint density at radius 1 is 1.47 bits per heavy atom. The quantitative estimate of drug-likeness (QED) is 0.667. The molecule has 1 amide bonds. The number of thioether (sulfide) groups is 1. The lowest BCUT2D eigenvalue weighted by Gasteiger charge is -2.06. The molecule has 6 heteroatoms. The Morgan fingerprint density at radius 3 is 2.95 bits per heavy atom. The number of amides is 1. The molecule has 2 aromatic rings. The normalized spacial score (nSPS) is 10.4. The summed E-state index contributed by atoms with van der Waals surface area (Å²) in [6.07, 6.45) is 1.56. The average molecular weight is 280 g/mol. The number of hydrogen-bond donors (Lipinski definition) is 2. The number of anilines is 2. The predicted octanol–water partition coefficient (Wildman–Crippen LogP) is 3.04. The van der Waals surface area contributed by atoms with Gasteiger partial charge in [0.2, 0.25) is 5.91 Å². The summed E-state index contributed by atoms with van der Waals surface area (Å²) in [7, 11) is 0. The van der Waals surface area contributed by atoms with Crippen LogP contribution in [0, 0.1) is 12.7 Å². The summed E-state index contributed by atoms with van der Waals surface area (Å²) in [5, 5.41) is 2.49. The standard InChI is InChI=1S/C13H13FN2O2S/c1-8-12(4-5-18-8)19-7-13(17)16-11-6-9(15)2-3-10(11)14/h2-6H,7,15H2,1H3,(H,16,17). The topological polar surface area (TPSA) is 68.3 Å². The number of carbonyl (C=O) groups is 1. The summed E-state index contributed by atoms with van der Waals surface area (Å²) in [4.78, 5) is 12.6. The highest BCUT2D eigenvalue weighted by atomic mass is 32.2. The van der Waals surface area contributed by atoms with E-state index in [0.717, 1.165) is 10.7 Å². The van der Waals surface area contributed by atoms with Gasteiger partial charge in [0.1, 0.15) is 11.6 Å². The Balaban J connectivity index is 1.94. The first-order chi connectivity index (χ1) is 9.06. The highest BCUT2D eigenvalue weighted by Gasteiger charge is 2.09. The van der Waals surface area contributed by atoms with Gasteiger partial charge < -0.3 is 15.5 Å². The van der Waals surface area contributed by atoms with Crippen LogP contribution >= 0.6 is 11.8 Å². The maximum Gasteiger partial charge on any atom is 0.234 e. The molecular formula is C13H13FN2O2S. The van der Waals surface area contributed by atoms with Gasteiger partial charge in [0.25, 0.3) is 0 Å². The highest BCUT2D eigenvalue weighted by molar-refractivity contribution is 8.00. The molecule has 0 unspecified atom stereocenters. The van der Waals surface area contributed by atoms with E-state index in [4.69, 9.17) is 10.2 Å². The number of nitrogen functional groups attached to an aromatic ring is 1. The van der Waals surface area contributed by atoms with Crippen molar-refractivity contribution in [2.45, 2.75) is 11.8 Å². The van der Waals surface area contributed by atoms with E-state index in [1.54, 1.807) is 12.3 Å². The first-order valence-electron chi connectivity index (χ1n) is 5.58. The second-order valence-electron chi connectivity index (χ2n) is 3.92. The third-order valence-corrected chi connectivity index (χ3v) is 3.58. The van der Waals surface area contributed by atoms with Crippen LogP contribution < -0.4 is 11.1 Å². The van der Waals surface area contributed by atoms with Crippen LogP contribution in [0.3, 0.4) is 0 Å². The first kappa shape index (κ1) is 13.5. The van der Waals surface area contributed by atoms with Gasteiger partial charge in [0.05, 0.1) is 17.7 Å². The Bertz CT molecular complexity index is 598. The zero-order chi connectivity index (χ0) is 13.8. The van der Waals surface area contributed by atoms with Crippen LogP contribution in [0.15, 0.2) is 39.8 Å². The van der Waals surface area contributed by atoms with Crippen LogP contribution in [0.1, 0.15) is 5.76 Å². The van der Waals surface area contributed by atoms with Gasteiger partial charge in [0.15, 0.2) is 0 Å². The van der Waals surface area contributed by atoms with Crippen molar-refractivity contribution in [2.75, 3.05) is 16.8 Å². The second kappa shape index (κ2) is 5.79. The average Bonchev–Trinajstić information content (AvgIpc) is 2.77. The van der Waals surface area contributed by atoms with Crippen molar-refractivity contribution < 1.29 is 13.6 Å². The minimum atomic E-state index is -0.507. The van der Waals surface area contributed by atoms with Crippen molar-refractivity contribution in [3.63, 3.8) is 0 Å². The molecule has 0 saturated carbocycles. The third-order valence-electron chi connectivity index (χ3n) is 2.43. The third kappa shape index (κ3) is 3.51. The van der Waals surface area contributed by atoms with E-state index in [9.17, 15) is 9.18 Å². The van der Waals surface area contributed by atoms with Crippen molar-refractivity contribution in [3.8, 4) is 0 Å². The number of benzene rings is 1. The SMILES string of the molecule is Cc1occc1SCC(=O)Nc1cc(N)ccc1F. The Labute approximate surface area is 114 Å². The lowest BCUT2D eigenvalue weighted by Crippen LogP contribution is -2.15. The van der Waals surface area contributed by atoms with Gasteiger partial charge in [0, 0.05) is 10.6 Å². The van der Waals surface area contributed by atoms with Crippen LogP contribution in [-0.2, 0) is 4.79 Å². The van der Waals surface area contributed by atoms with E-state index in [0.29, 0.717) is 5.69 Å². The van der Waals surface area contributed by atoms with Crippen molar-refractivity contribution in [1.82, 2.24) is 0 Å². The number of aryl methyl sites for hydroxylation is 1. The summed E-state index contributed by atoms with van der Waals surface area (Å²) in [6.45, 7) is 1.82. The summed E-state index contributed by atoms with van der Waals surface area (Å²) >= 11 is 1.33. The van der Waals surface area contributed by atoms with Gasteiger partial charge in [-0.15, -0.1) is 11.8 Å². The number of hydrogen-bond acceptors (Lipinski definition) is 4. The molecule has 2 rings (SSSR count). The minimum Gasteiger partial charge on any atom is -0.468 e. The minimum absolute atomic E-state index is 0.0921. The number of nitrogens with one attached hydrogen (secondary N) is 1. The molecule has 1 heterocycles. The van der Waals surface area contributed by atoms with Crippen molar-refractivity contribution in [1.29, 1.82) is 0 Å². The fourth-order valence-corrected chi connectivity index (χ4v) is 2.25. The van der Waals surface area contributed by atoms with Crippen molar-refractivity contribution in [2.24, 2.45) is 0 Å². The molecule has 0 atom stereocenters. The van der Waals surface area contributed by atoms with Gasteiger partial charge in [-0.25, -0.2) is 4.39 Å². The molecule has 4 nitrogen and oxygen atoms in total. The highest BCUT2D eigenvalue weighted by Crippen LogP contribution is 2.23. The summed E-state index contributed by atoms with van der Waals surface area (Å²) in [5.74, 6) is 0.129. The number of furan rings is 1. The molecule has 0 spiro atoms. The second-order valence-corrected chi connectivity index (χ2v) is 4.93. The van der Waals surface area contributed by atoms with E-state index in [1.165, 1.54) is 30.0 Å². The zero-order valence-electron chi connectivity index (χ0n) is 10.3. The molecule has 1 aromatic heterocycles. The summed E-state index contributed by atoms with van der Waals surface area (Å²) in [5.41, 5.74) is 6.03. The molecule has 0 radical (unpaired) electrons. The fourth-order valence-electron chi connectivity index (χ4n) is 1.49. The van der Waals surface area contributed by atoms with E-state index >= 15 is 0 Å². The fraction of sp³-hybridized carbons (Fsp3) is 0.154. The Hall–Kier alpha value is -1.95. The lowest BCUT2D eigenvalue weighted by atomic mass is 10.2. The molecule has 0 aliphatic rings. The number of nitrogens with two attached hydrogens (primary N) is 1. The molecule has 1 aromatic carbocycles. The molecule has 0 aliphatic carbocycles. The number of rotatable bonds is 4. The van der Waals surface area contributed by atoms with E-state index in [2.05, 4.69) is 5.32 Å².